The molecular formula is C16H27IN4O. The summed E-state index contributed by atoms with van der Waals surface area (Å²) in [5.74, 6) is 1.39. The van der Waals surface area contributed by atoms with Crippen molar-refractivity contribution in [3.63, 3.8) is 0 Å². The Kier molecular flexibility index (Phi) is 8.52. The van der Waals surface area contributed by atoms with E-state index in [1.807, 2.05) is 12.3 Å². The van der Waals surface area contributed by atoms with E-state index >= 15 is 0 Å². The first-order valence-corrected chi connectivity index (χ1v) is 7.87. The SMILES string of the molecule is CC1CCCN(C(N)=NCCCCn2ccccc2=O)C1.I. The lowest BCUT2D eigenvalue weighted by Gasteiger charge is -2.31. The van der Waals surface area contributed by atoms with Crippen LogP contribution in [0.15, 0.2) is 34.2 Å². The highest BCUT2D eigenvalue weighted by Gasteiger charge is 2.17. The molecule has 0 saturated carbocycles. The Morgan fingerprint density at radius 2 is 2.23 bits per heavy atom. The quantitative estimate of drug-likeness (QED) is 0.346. The Hall–Kier alpha value is -1.05. The number of halogens is 1. The van der Waals surface area contributed by atoms with Gasteiger partial charge >= 0.3 is 0 Å². The molecule has 0 bridgehead atoms. The molecular weight excluding hydrogens is 391 g/mol. The van der Waals surface area contributed by atoms with Crippen LogP contribution in [-0.2, 0) is 6.54 Å². The van der Waals surface area contributed by atoms with Crippen LogP contribution in [0.4, 0.5) is 0 Å². The van der Waals surface area contributed by atoms with Crippen molar-refractivity contribution in [3.8, 4) is 0 Å². The van der Waals surface area contributed by atoms with Crippen molar-refractivity contribution in [2.24, 2.45) is 16.6 Å². The van der Waals surface area contributed by atoms with Gasteiger partial charge in [-0.2, -0.15) is 0 Å². The van der Waals surface area contributed by atoms with Crippen molar-refractivity contribution in [2.45, 2.75) is 39.2 Å². The zero-order valence-electron chi connectivity index (χ0n) is 13.3. The Morgan fingerprint density at radius 1 is 1.41 bits per heavy atom. The average molecular weight is 418 g/mol. The second kappa shape index (κ2) is 9.86. The normalized spacial score (nSPS) is 18.9. The highest BCUT2D eigenvalue weighted by atomic mass is 127. The fourth-order valence-electron chi connectivity index (χ4n) is 2.73. The third-order valence-electron chi connectivity index (χ3n) is 3.96. The van der Waals surface area contributed by atoms with E-state index in [1.54, 1.807) is 16.7 Å². The molecule has 2 N–H and O–H groups in total. The van der Waals surface area contributed by atoms with Gasteiger partial charge in [-0.15, -0.1) is 24.0 Å². The van der Waals surface area contributed by atoms with Gasteiger partial charge in [-0.25, -0.2) is 0 Å². The lowest BCUT2D eigenvalue weighted by molar-refractivity contribution is 0.270. The third kappa shape index (κ3) is 5.98. The number of nitrogens with two attached hydrogens (primary N) is 1. The number of aryl methyl sites for hydroxylation is 1. The molecule has 1 aliphatic rings. The Balaban J connectivity index is 0.00000242. The lowest BCUT2D eigenvalue weighted by atomic mass is 10.0. The van der Waals surface area contributed by atoms with Gasteiger partial charge in [0.15, 0.2) is 5.96 Å². The number of guanidine groups is 1. The molecule has 2 rings (SSSR count). The number of hydrogen-bond acceptors (Lipinski definition) is 2. The highest BCUT2D eigenvalue weighted by Crippen LogP contribution is 2.14. The first-order valence-electron chi connectivity index (χ1n) is 7.87. The molecule has 0 amide bonds. The van der Waals surface area contributed by atoms with Crippen LogP contribution >= 0.6 is 24.0 Å². The summed E-state index contributed by atoms with van der Waals surface area (Å²) in [6.07, 6.45) is 6.21. The van der Waals surface area contributed by atoms with E-state index < -0.39 is 0 Å². The van der Waals surface area contributed by atoms with Crippen molar-refractivity contribution >= 4 is 29.9 Å². The molecule has 0 aliphatic carbocycles. The fraction of sp³-hybridized carbons (Fsp3) is 0.625. The molecule has 1 saturated heterocycles. The molecule has 1 fully saturated rings. The fourth-order valence-corrected chi connectivity index (χ4v) is 2.73. The minimum absolute atomic E-state index is 0. The van der Waals surface area contributed by atoms with Crippen molar-refractivity contribution in [1.29, 1.82) is 0 Å². The Bertz CT molecular complexity index is 529. The van der Waals surface area contributed by atoms with Crippen molar-refractivity contribution in [3.05, 3.63) is 34.7 Å². The smallest absolute Gasteiger partial charge is 0.250 e. The topological polar surface area (TPSA) is 63.6 Å². The summed E-state index contributed by atoms with van der Waals surface area (Å²) in [6, 6.07) is 5.24. The van der Waals surface area contributed by atoms with E-state index in [0.717, 1.165) is 39.0 Å². The first-order chi connectivity index (χ1) is 10.2. The van der Waals surface area contributed by atoms with Crippen LogP contribution in [0, 0.1) is 5.92 Å². The van der Waals surface area contributed by atoms with E-state index in [9.17, 15) is 4.79 Å². The monoisotopic (exact) mass is 418 g/mol. The number of pyridine rings is 1. The molecule has 2 heterocycles. The molecule has 124 valence electrons. The number of likely N-dealkylation sites (tertiary alicyclic amines) is 1. The number of unbranched alkanes of at least 4 members (excludes halogenated alkanes) is 1. The molecule has 1 unspecified atom stereocenters. The number of aromatic nitrogens is 1. The van der Waals surface area contributed by atoms with Gasteiger partial charge in [0, 0.05) is 38.4 Å². The molecule has 1 aromatic heterocycles. The average Bonchev–Trinajstić information content (AvgIpc) is 2.48. The second-order valence-corrected chi connectivity index (χ2v) is 5.87. The van der Waals surface area contributed by atoms with Crippen LogP contribution in [0.5, 0.6) is 0 Å². The zero-order chi connectivity index (χ0) is 15.1. The van der Waals surface area contributed by atoms with Crippen LogP contribution in [0.1, 0.15) is 32.6 Å². The molecule has 6 heteroatoms. The van der Waals surface area contributed by atoms with Crippen LogP contribution < -0.4 is 11.3 Å². The molecule has 0 radical (unpaired) electrons. The minimum Gasteiger partial charge on any atom is -0.370 e. The number of hydrogen-bond donors (Lipinski definition) is 1. The van der Waals surface area contributed by atoms with Crippen LogP contribution in [0.3, 0.4) is 0 Å². The molecule has 0 spiro atoms. The van der Waals surface area contributed by atoms with Crippen LogP contribution in [-0.4, -0.2) is 35.1 Å². The summed E-state index contributed by atoms with van der Waals surface area (Å²) in [5, 5.41) is 0. The molecule has 1 atom stereocenters. The van der Waals surface area contributed by atoms with Crippen LogP contribution in [0.2, 0.25) is 0 Å². The summed E-state index contributed by atoms with van der Waals surface area (Å²) in [4.78, 5) is 18.2. The zero-order valence-corrected chi connectivity index (χ0v) is 15.6. The highest BCUT2D eigenvalue weighted by molar-refractivity contribution is 14.0. The number of piperidine rings is 1. The standard InChI is InChI=1S/C16H26N4O.HI/c1-14-7-6-12-20(13-14)16(17)18-9-3-5-11-19-10-4-2-8-15(19)21;/h2,4,8,10,14H,3,5-7,9,11-13H2,1H3,(H2,17,18);1H. The minimum atomic E-state index is 0. The van der Waals surface area contributed by atoms with E-state index in [0.29, 0.717) is 11.9 Å². The van der Waals surface area contributed by atoms with Gasteiger partial charge in [0.25, 0.3) is 0 Å². The second-order valence-electron chi connectivity index (χ2n) is 5.87. The summed E-state index contributed by atoms with van der Waals surface area (Å²) >= 11 is 0. The van der Waals surface area contributed by atoms with Gasteiger partial charge < -0.3 is 15.2 Å². The third-order valence-corrected chi connectivity index (χ3v) is 3.96. The van der Waals surface area contributed by atoms with Gasteiger partial charge in [0.1, 0.15) is 0 Å². The summed E-state index contributed by atoms with van der Waals surface area (Å²) < 4.78 is 1.74. The molecule has 0 aromatic carbocycles. The summed E-state index contributed by atoms with van der Waals surface area (Å²) in [6.45, 7) is 5.79. The van der Waals surface area contributed by atoms with Gasteiger partial charge in [-0.05, 0) is 37.7 Å². The maximum absolute atomic E-state index is 11.5. The number of aliphatic imine (C=N–C) groups is 1. The molecule has 22 heavy (non-hydrogen) atoms. The first kappa shape index (κ1) is 19.0. The van der Waals surface area contributed by atoms with Crippen molar-refractivity contribution < 1.29 is 0 Å². The molecule has 1 aliphatic heterocycles. The van der Waals surface area contributed by atoms with E-state index in [-0.39, 0.29) is 29.5 Å². The van der Waals surface area contributed by atoms with Crippen molar-refractivity contribution in [2.75, 3.05) is 19.6 Å². The van der Waals surface area contributed by atoms with Gasteiger partial charge in [-0.3, -0.25) is 9.79 Å². The van der Waals surface area contributed by atoms with E-state index in [2.05, 4.69) is 16.8 Å². The number of nitrogens with zero attached hydrogens (tertiary/aromatic N) is 3. The molecule has 5 nitrogen and oxygen atoms in total. The van der Waals surface area contributed by atoms with E-state index in [1.165, 1.54) is 12.8 Å². The Labute approximate surface area is 149 Å². The Morgan fingerprint density at radius 3 is 2.95 bits per heavy atom. The maximum atomic E-state index is 11.5. The van der Waals surface area contributed by atoms with Crippen molar-refractivity contribution in [1.82, 2.24) is 9.47 Å². The van der Waals surface area contributed by atoms with Gasteiger partial charge in [0.05, 0.1) is 0 Å². The van der Waals surface area contributed by atoms with Gasteiger partial charge in [0.2, 0.25) is 5.56 Å². The lowest BCUT2D eigenvalue weighted by Crippen LogP contribution is -2.43. The van der Waals surface area contributed by atoms with E-state index in [4.69, 9.17) is 5.73 Å². The van der Waals surface area contributed by atoms with Gasteiger partial charge in [-0.1, -0.05) is 13.0 Å². The molecule has 1 aromatic rings. The summed E-state index contributed by atoms with van der Waals surface area (Å²) in [7, 11) is 0. The maximum Gasteiger partial charge on any atom is 0.250 e. The number of rotatable bonds is 5. The summed E-state index contributed by atoms with van der Waals surface area (Å²) in [5.41, 5.74) is 6.11. The predicted octanol–water partition coefficient (Wildman–Crippen LogP) is 2.29. The largest absolute Gasteiger partial charge is 0.370 e. The van der Waals surface area contributed by atoms with Crippen LogP contribution in [0.25, 0.3) is 0 Å². The predicted molar refractivity (Wildman–Crippen MR) is 102 cm³/mol.